The summed E-state index contributed by atoms with van der Waals surface area (Å²) in [5.74, 6) is 0.746. The van der Waals surface area contributed by atoms with Crippen molar-refractivity contribution in [2.75, 3.05) is 0 Å². The lowest BCUT2D eigenvalue weighted by atomic mass is 9.85. The molecule has 2 aromatic heterocycles. The topological polar surface area (TPSA) is 68.0 Å². The minimum atomic E-state index is -0.844. The summed E-state index contributed by atoms with van der Waals surface area (Å²) in [4.78, 5) is 21.1. The number of allylic oxidation sites excluding steroid dienone is 3. The Kier molecular flexibility index (Phi) is 4.31. The Bertz CT molecular complexity index is 1150. The normalized spacial score (nSPS) is 18.8. The Labute approximate surface area is 169 Å². The van der Waals surface area contributed by atoms with Crippen LogP contribution in [0.25, 0.3) is 11.2 Å². The number of aromatic nitrogens is 3. The van der Waals surface area contributed by atoms with Gasteiger partial charge in [0.05, 0.1) is 6.54 Å². The predicted molar refractivity (Wildman–Crippen MR) is 112 cm³/mol. The fraction of sp³-hybridized carbons (Fsp3) is 0.292. The first-order chi connectivity index (χ1) is 14.1. The van der Waals surface area contributed by atoms with Gasteiger partial charge in [-0.2, -0.15) is 0 Å². The largest absolute Gasteiger partial charge is 0.478 e. The van der Waals surface area contributed by atoms with E-state index in [4.69, 9.17) is 4.98 Å². The molecule has 0 amide bonds. The molecule has 2 aliphatic carbocycles. The summed E-state index contributed by atoms with van der Waals surface area (Å²) in [7, 11) is 0. The molecular weight excluding hydrogens is 362 g/mol. The highest BCUT2D eigenvalue weighted by Gasteiger charge is 2.30. The van der Waals surface area contributed by atoms with E-state index in [1.807, 2.05) is 24.4 Å². The van der Waals surface area contributed by atoms with E-state index < -0.39 is 5.97 Å². The zero-order valence-electron chi connectivity index (χ0n) is 16.4. The zero-order valence-corrected chi connectivity index (χ0v) is 16.4. The lowest BCUT2D eigenvalue weighted by molar-refractivity contribution is -0.133. The molecule has 146 valence electrons. The van der Waals surface area contributed by atoms with Crippen LogP contribution in [0.2, 0.25) is 0 Å². The minimum Gasteiger partial charge on any atom is -0.478 e. The molecule has 5 nitrogen and oxygen atoms in total. The van der Waals surface area contributed by atoms with Gasteiger partial charge in [-0.1, -0.05) is 42.5 Å². The van der Waals surface area contributed by atoms with E-state index in [2.05, 4.69) is 40.7 Å². The van der Waals surface area contributed by atoms with Crippen molar-refractivity contribution in [2.45, 2.75) is 44.6 Å². The summed E-state index contributed by atoms with van der Waals surface area (Å²) in [6.45, 7) is 2.81. The van der Waals surface area contributed by atoms with Crippen molar-refractivity contribution in [3.63, 3.8) is 0 Å². The van der Waals surface area contributed by atoms with Crippen molar-refractivity contribution in [3.8, 4) is 0 Å². The highest BCUT2D eigenvalue weighted by Crippen LogP contribution is 2.41. The smallest absolute Gasteiger partial charge is 0.332 e. The molecule has 0 saturated heterocycles. The summed E-state index contributed by atoms with van der Waals surface area (Å²) in [5.41, 5.74) is 5.77. The van der Waals surface area contributed by atoms with Gasteiger partial charge in [-0.3, -0.25) is 0 Å². The number of fused-ring (bicyclic) bond motifs is 1. The SMILES string of the molecule is Cc1ccnc2c1nc(C1CC1)n2Cc1ccc(C2CC=CC=C2C(=O)O)cc1. The number of hydrogen-bond donors (Lipinski definition) is 1. The van der Waals surface area contributed by atoms with Crippen molar-refractivity contribution in [2.24, 2.45) is 0 Å². The first kappa shape index (κ1) is 17.9. The van der Waals surface area contributed by atoms with Gasteiger partial charge in [0.15, 0.2) is 5.65 Å². The van der Waals surface area contributed by atoms with Gasteiger partial charge < -0.3 is 9.67 Å². The summed E-state index contributed by atoms with van der Waals surface area (Å²) in [6.07, 6.45) is 10.5. The van der Waals surface area contributed by atoms with Crippen molar-refractivity contribution in [3.05, 3.63) is 82.8 Å². The van der Waals surface area contributed by atoms with Crippen LogP contribution in [0.1, 0.15) is 53.6 Å². The minimum absolute atomic E-state index is 0.0908. The Hall–Kier alpha value is -3.21. The summed E-state index contributed by atoms with van der Waals surface area (Å²) in [5, 5.41) is 9.49. The third-order valence-corrected chi connectivity index (χ3v) is 5.94. The lowest BCUT2D eigenvalue weighted by Gasteiger charge is -2.19. The Morgan fingerprint density at radius 2 is 2.00 bits per heavy atom. The molecule has 29 heavy (non-hydrogen) atoms. The Morgan fingerprint density at radius 3 is 2.72 bits per heavy atom. The molecule has 5 heteroatoms. The molecule has 0 spiro atoms. The average molecular weight is 385 g/mol. The lowest BCUT2D eigenvalue weighted by Crippen LogP contribution is -2.13. The van der Waals surface area contributed by atoms with Crippen molar-refractivity contribution in [1.82, 2.24) is 14.5 Å². The van der Waals surface area contributed by atoms with Crippen LogP contribution in [0.4, 0.5) is 0 Å². The average Bonchev–Trinajstić information content (AvgIpc) is 3.51. The van der Waals surface area contributed by atoms with E-state index in [0.717, 1.165) is 41.1 Å². The predicted octanol–water partition coefficient (Wildman–Crippen LogP) is 4.72. The monoisotopic (exact) mass is 385 g/mol. The second-order valence-electron chi connectivity index (χ2n) is 8.02. The van der Waals surface area contributed by atoms with E-state index in [0.29, 0.717) is 11.5 Å². The van der Waals surface area contributed by atoms with Gasteiger partial charge in [-0.15, -0.1) is 0 Å². The molecule has 2 heterocycles. The van der Waals surface area contributed by atoms with Gasteiger partial charge in [0.2, 0.25) is 0 Å². The zero-order chi connectivity index (χ0) is 20.0. The van der Waals surface area contributed by atoms with E-state index >= 15 is 0 Å². The quantitative estimate of drug-likeness (QED) is 0.690. The number of rotatable bonds is 5. The van der Waals surface area contributed by atoms with E-state index in [1.165, 1.54) is 18.4 Å². The molecule has 1 unspecified atom stereocenters. The summed E-state index contributed by atoms with van der Waals surface area (Å²) in [6, 6.07) is 10.3. The number of benzene rings is 1. The van der Waals surface area contributed by atoms with Crippen LogP contribution in [-0.4, -0.2) is 25.6 Å². The fourth-order valence-electron chi connectivity index (χ4n) is 4.17. The van der Waals surface area contributed by atoms with Crippen LogP contribution in [0.3, 0.4) is 0 Å². The van der Waals surface area contributed by atoms with Gasteiger partial charge in [0.1, 0.15) is 11.3 Å². The van der Waals surface area contributed by atoms with Crippen LogP contribution >= 0.6 is 0 Å². The number of aliphatic carboxylic acids is 1. The maximum absolute atomic E-state index is 11.6. The molecule has 1 atom stereocenters. The van der Waals surface area contributed by atoms with Gasteiger partial charge in [0.25, 0.3) is 0 Å². The highest BCUT2D eigenvalue weighted by atomic mass is 16.4. The number of carboxylic acids is 1. The molecular formula is C24H23N3O2. The van der Waals surface area contributed by atoms with Crippen molar-refractivity contribution in [1.29, 1.82) is 0 Å². The first-order valence-electron chi connectivity index (χ1n) is 10.1. The van der Waals surface area contributed by atoms with E-state index in [9.17, 15) is 9.90 Å². The maximum Gasteiger partial charge on any atom is 0.332 e. The molecule has 1 aromatic carbocycles. The van der Waals surface area contributed by atoms with Gasteiger partial charge in [0, 0.05) is 23.6 Å². The van der Waals surface area contributed by atoms with Crippen molar-refractivity contribution >= 4 is 17.1 Å². The molecule has 0 aliphatic heterocycles. The van der Waals surface area contributed by atoms with Crippen molar-refractivity contribution < 1.29 is 9.90 Å². The maximum atomic E-state index is 11.6. The number of hydrogen-bond acceptors (Lipinski definition) is 3. The second kappa shape index (κ2) is 6.99. The number of aryl methyl sites for hydroxylation is 1. The number of nitrogens with zero attached hydrogens (tertiary/aromatic N) is 3. The van der Waals surface area contributed by atoms with Crippen LogP contribution in [-0.2, 0) is 11.3 Å². The standard InChI is InChI=1S/C24H23N3O2/c1-15-12-13-25-23-21(15)26-22(18-10-11-18)27(23)14-16-6-8-17(9-7-16)19-4-2-3-5-20(19)24(28)29/h2-3,5-9,12-13,18-19H,4,10-11,14H2,1H3,(H,28,29). The number of carboxylic acid groups (broad SMARTS) is 1. The second-order valence-corrected chi connectivity index (χ2v) is 8.02. The van der Waals surface area contributed by atoms with Crippen LogP contribution in [0.5, 0.6) is 0 Å². The number of imidazole rings is 1. The van der Waals surface area contributed by atoms with Crippen LogP contribution in [0.15, 0.2) is 60.3 Å². The molecule has 1 N–H and O–H groups in total. The fourth-order valence-corrected chi connectivity index (χ4v) is 4.17. The Morgan fingerprint density at radius 1 is 1.21 bits per heavy atom. The van der Waals surface area contributed by atoms with Gasteiger partial charge >= 0.3 is 5.97 Å². The molecule has 2 aliphatic rings. The number of pyridine rings is 1. The summed E-state index contributed by atoms with van der Waals surface area (Å²) < 4.78 is 2.25. The molecule has 1 fully saturated rings. The highest BCUT2D eigenvalue weighted by molar-refractivity contribution is 5.89. The first-order valence-corrected chi connectivity index (χ1v) is 10.1. The van der Waals surface area contributed by atoms with Crippen LogP contribution in [0, 0.1) is 6.92 Å². The molecule has 5 rings (SSSR count). The van der Waals surface area contributed by atoms with Gasteiger partial charge in [-0.25, -0.2) is 14.8 Å². The van der Waals surface area contributed by atoms with E-state index in [1.54, 1.807) is 6.08 Å². The molecule has 1 saturated carbocycles. The van der Waals surface area contributed by atoms with Gasteiger partial charge in [-0.05, 0) is 48.9 Å². The third kappa shape index (κ3) is 3.27. The third-order valence-electron chi connectivity index (χ3n) is 5.94. The molecule has 0 radical (unpaired) electrons. The summed E-state index contributed by atoms with van der Waals surface area (Å²) >= 11 is 0. The molecule has 3 aromatic rings. The van der Waals surface area contributed by atoms with Crippen LogP contribution < -0.4 is 0 Å². The van der Waals surface area contributed by atoms with E-state index in [-0.39, 0.29) is 5.92 Å². The molecule has 0 bridgehead atoms. The Balaban J connectivity index is 1.46. The number of carbonyl (C=O) groups is 1.